The summed E-state index contributed by atoms with van der Waals surface area (Å²) in [6.07, 6.45) is 2.06. The molecule has 1 aromatic heterocycles. The van der Waals surface area contributed by atoms with Crippen molar-refractivity contribution in [3.63, 3.8) is 0 Å². The maximum atomic E-state index is 13.6. The summed E-state index contributed by atoms with van der Waals surface area (Å²) in [6.45, 7) is 2.43. The van der Waals surface area contributed by atoms with Gasteiger partial charge in [0.25, 0.3) is 0 Å². The molecule has 0 amide bonds. The minimum Gasteiger partial charge on any atom is -0.353 e. The van der Waals surface area contributed by atoms with Crippen molar-refractivity contribution in [1.82, 2.24) is 15.2 Å². The number of anilines is 3. The second-order valence-corrected chi connectivity index (χ2v) is 5.88. The van der Waals surface area contributed by atoms with Gasteiger partial charge in [-0.05, 0) is 42.7 Å². The molecule has 0 bridgehead atoms. The summed E-state index contributed by atoms with van der Waals surface area (Å²) in [5.41, 5.74) is 2.42. The van der Waals surface area contributed by atoms with Gasteiger partial charge in [-0.15, -0.1) is 5.10 Å². The summed E-state index contributed by atoms with van der Waals surface area (Å²) >= 11 is 6.12. The molecule has 7 heteroatoms. The number of hydrogen-bond donors (Lipinski definition) is 2. The van der Waals surface area contributed by atoms with E-state index in [4.69, 9.17) is 11.6 Å². The first-order valence-corrected chi connectivity index (χ1v) is 8.20. The molecule has 128 valence electrons. The summed E-state index contributed by atoms with van der Waals surface area (Å²) in [5.74, 6) is 0.713. The maximum Gasteiger partial charge on any atom is 0.244 e. The first-order valence-electron chi connectivity index (χ1n) is 7.82. The Balaban J connectivity index is 1.63. The van der Waals surface area contributed by atoms with Crippen LogP contribution in [-0.4, -0.2) is 21.7 Å². The van der Waals surface area contributed by atoms with E-state index in [0.29, 0.717) is 35.3 Å². The number of aromatic nitrogens is 3. The number of nitrogens with one attached hydrogen (secondary N) is 2. The third kappa shape index (κ3) is 4.42. The summed E-state index contributed by atoms with van der Waals surface area (Å²) in [5, 5.41) is 14.8. The van der Waals surface area contributed by atoms with Gasteiger partial charge in [0.15, 0.2) is 5.82 Å². The lowest BCUT2D eigenvalue weighted by Crippen LogP contribution is -2.10. The molecule has 0 radical (unpaired) electrons. The van der Waals surface area contributed by atoms with Crippen LogP contribution in [0.4, 0.5) is 21.8 Å². The molecule has 0 saturated carbocycles. The predicted octanol–water partition coefficient (Wildman–Crippen LogP) is 4.37. The molecule has 2 aromatic carbocycles. The van der Waals surface area contributed by atoms with E-state index in [0.717, 1.165) is 11.3 Å². The first kappa shape index (κ1) is 17.1. The van der Waals surface area contributed by atoms with Gasteiger partial charge in [-0.2, -0.15) is 10.1 Å². The smallest absolute Gasteiger partial charge is 0.244 e. The molecule has 1 heterocycles. The van der Waals surface area contributed by atoms with E-state index in [9.17, 15) is 4.39 Å². The normalized spacial score (nSPS) is 10.5. The Hall–Kier alpha value is -2.73. The van der Waals surface area contributed by atoms with Crippen molar-refractivity contribution in [2.24, 2.45) is 0 Å². The molecule has 5 nitrogen and oxygen atoms in total. The topological polar surface area (TPSA) is 62.7 Å². The van der Waals surface area contributed by atoms with E-state index in [-0.39, 0.29) is 5.82 Å². The molecule has 0 atom stereocenters. The van der Waals surface area contributed by atoms with Gasteiger partial charge in [0.2, 0.25) is 5.95 Å². The van der Waals surface area contributed by atoms with E-state index in [1.807, 2.05) is 31.2 Å². The van der Waals surface area contributed by atoms with E-state index in [2.05, 4.69) is 25.8 Å². The fraction of sp³-hybridized carbons (Fsp3) is 0.167. The Kier molecular flexibility index (Phi) is 5.40. The van der Waals surface area contributed by atoms with Crippen molar-refractivity contribution in [3.8, 4) is 0 Å². The van der Waals surface area contributed by atoms with Crippen LogP contribution in [0.5, 0.6) is 0 Å². The quantitative estimate of drug-likeness (QED) is 0.685. The Labute approximate surface area is 150 Å². The van der Waals surface area contributed by atoms with Crippen molar-refractivity contribution in [2.75, 3.05) is 17.2 Å². The van der Waals surface area contributed by atoms with Gasteiger partial charge < -0.3 is 10.6 Å². The van der Waals surface area contributed by atoms with E-state index in [1.54, 1.807) is 12.1 Å². The third-order valence-corrected chi connectivity index (χ3v) is 4.13. The van der Waals surface area contributed by atoms with Crippen LogP contribution in [0.3, 0.4) is 0 Å². The van der Waals surface area contributed by atoms with Crippen LogP contribution in [-0.2, 0) is 6.42 Å². The zero-order chi connectivity index (χ0) is 17.6. The molecule has 3 aromatic rings. The zero-order valence-corrected chi connectivity index (χ0v) is 14.4. The number of benzene rings is 2. The summed E-state index contributed by atoms with van der Waals surface area (Å²) < 4.78 is 13.6. The largest absolute Gasteiger partial charge is 0.353 e. The summed E-state index contributed by atoms with van der Waals surface area (Å²) in [4.78, 5) is 4.36. The Bertz CT molecular complexity index is 872. The van der Waals surface area contributed by atoms with Crippen molar-refractivity contribution in [2.45, 2.75) is 13.3 Å². The van der Waals surface area contributed by atoms with Gasteiger partial charge in [0, 0.05) is 17.3 Å². The molecular weight excluding hydrogens is 341 g/mol. The summed E-state index contributed by atoms with van der Waals surface area (Å²) in [6, 6.07) is 12.3. The molecule has 3 rings (SSSR count). The Morgan fingerprint density at radius 1 is 1.12 bits per heavy atom. The predicted molar refractivity (Wildman–Crippen MR) is 97.9 cm³/mol. The Morgan fingerprint density at radius 3 is 2.80 bits per heavy atom. The molecule has 0 fully saturated rings. The Morgan fingerprint density at radius 2 is 1.96 bits per heavy atom. The monoisotopic (exact) mass is 357 g/mol. The maximum absolute atomic E-state index is 13.6. The average molecular weight is 358 g/mol. The molecule has 0 aliphatic rings. The van der Waals surface area contributed by atoms with Crippen LogP contribution in [0.2, 0.25) is 5.02 Å². The second-order valence-electron chi connectivity index (χ2n) is 5.47. The molecule has 0 unspecified atom stereocenters. The third-order valence-electron chi connectivity index (χ3n) is 3.72. The molecule has 2 N–H and O–H groups in total. The van der Waals surface area contributed by atoms with Crippen LogP contribution >= 0.6 is 11.6 Å². The number of nitrogens with zero attached hydrogens (tertiary/aromatic N) is 3. The average Bonchev–Trinajstić information content (AvgIpc) is 2.61. The van der Waals surface area contributed by atoms with Crippen LogP contribution in [0.15, 0.2) is 48.7 Å². The van der Waals surface area contributed by atoms with E-state index in [1.165, 1.54) is 12.3 Å². The molecule has 25 heavy (non-hydrogen) atoms. The van der Waals surface area contributed by atoms with Gasteiger partial charge in [0.1, 0.15) is 5.82 Å². The number of hydrogen-bond acceptors (Lipinski definition) is 5. The highest BCUT2D eigenvalue weighted by atomic mass is 35.5. The van der Waals surface area contributed by atoms with Crippen LogP contribution in [0.1, 0.15) is 11.1 Å². The fourth-order valence-corrected chi connectivity index (χ4v) is 2.50. The SMILES string of the molecule is Cc1c(Cl)cccc1Nc1cnnc(NCCc2ccccc2F)n1. The van der Waals surface area contributed by atoms with Crippen molar-refractivity contribution < 1.29 is 4.39 Å². The lowest BCUT2D eigenvalue weighted by Gasteiger charge is -2.10. The van der Waals surface area contributed by atoms with Crippen molar-refractivity contribution >= 4 is 29.1 Å². The lowest BCUT2D eigenvalue weighted by molar-refractivity contribution is 0.610. The van der Waals surface area contributed by atoms with Gasteiger partial charge in [-0.3, -0.25) is 0 Å². The molecule has 0 saturated heterocycles. The second kappa shape index (κ2) is 7.90. The van der Waals surface area contributed by atoms with E-state index >= 15 is 0 Å². The minimum atomic E-state index is -0.213. The van der Waals surface area contributed by atoms with Crippen molar-refractivity contribution in [3.05, 3.63) is 70.6 Å². The number of rotatable bonds is 6. The first-order chi connectivity index (χ1) is 12.1. The van der Waals surface area contributed by atoms with E-state index < -0.39 is 0 Å². The summed E-state index contributed by atoms with van der Waals surface area (Å²) in [7, 11) is 0. The van der Waals surface area contributed by atoms with Gasteiger partial charge in [-0.1, -0.05) is 35.9 Å². The van der Waals surface area contributed by atoms with Crippen molar-refractivity contribution in [1.29, 1.82) is 0 Å². The van der Waals surface area contributed by atoms with Gasteiger partial charge in [0.05, 0.1) is 6.20 Å². The number of halogens is 2. The standard InChI is InChI=1S/C18H17ClFN5/c1-12-14(19)6-4-8-16(12)23-17-11-22-25-18(24-17)21-10-9-13-5-2-3-7-15(13)20/h2-8,11H,9-10H2,1H3,(H2,21,23,24,25). The molecule has 0 aliphatic heterocycles. The van der Waals surface area contributed by atoms with Crippen LogP contribution in [0, 0.1) is 12.7 Å². The van der Waals surface area contributed by atoms with Gasteiger partial charge in [-0.25, -0.2) is 4.39 Å². The highest BCUT2D eigenvalue weighted by Gasteiger charge is 2.06. The lowest BCUT2D eigenvalue weighted by atomic mass is 10.1. The molecular formula is C18H17ClFN5. The van der Waals surface area contributed by atoms with Crippen LogP contribution in [0.25, 0.3) is 0 Å². The fourth-order valence-electron chi connectivity index (χ4n) is 2.33. The minimum absolute atomic E-state index is 0.213. The molecule has 0 aliphatic carbocycles. The van der Waals surface area contributed by atoms with Crippen LogP contribution < -0.4 is 10.6 Å². The highest BCUT2D eigenvalue weighted by molar-refractivity contribution is 6.31. The zero-order valence-electron chi connectivity index (χ0n) is 13.6. The van der Waals surface area contributed by atoms with Gasteiger partial charge >= 0.3 is 0 Å². The molecule has 0 spiro atoms. The highest BCUT2D eigenvalue weighted by Crippen LogP contribution is 2.25.